The summed E-state index contributed by atoms with van der Waals surface area (Å²) in [6, 6.07) is 12.2. The van der Waals surface area contributed by atoms with Crippen molar-refractivity contribution >= 4 is 11.7 Å². The van der Waals surface area contributed by atoms with Crippen LogP contribution in [0.4, 0.5) is 19.0 Å². The van der Waals surface area contributed by atoms with E-state index in [1.54, 1.807) is 0 Å². The van der Waals surface area contributed by atoms with E-state index in [4.69, 9.17) is 0 Å². The molecule has 1 aliphatic heterocycles. The third-order valence-corrected chi connectivity index (χ3v) is 5.74. The van der Waals surface area contributed by atoms with Gasteiger partial charge in [-0.1, -0.05) is 30.3 Å². The molecular formula is C23H29F3N4O. The lowest BCUT2D eigenvalue weighted by molar-refractivity contribution is -0.138. The fraction of sp³-hybridized carbons (Fsp3) is 0.478. The highest BCUT2D eigenvalue weighted by molar-refractivity contribution is 5.81. The van der Waals surface area contributed by atoms with Gasteiger partial charge in [0, 0.05) is 45.5 Å². The summed E-state index contributed by atoms with van der Waals surface area (Å²) in [6.45, 7) is 7.84. The maximum Gasteiger partial charge on any atom is 0.417 e. The van der Waals surface area contributed by atoms with E-state index in [1.807, 2.05) is 54.0 Å². The van der Waals surface area contributed by atoms with E-state index in [0.29, 0.717) is 38.5 Å². The van der Waals surface area contributed by atoms with Crippen LogP contribution in [0, 0.1) is 0 Å². The highest BCUT2D eigenvalue weighted by atomic mass is 19.4. The predicted molar refractivity (Wildman–Crippen MR) is 115 cm³/mol. The molecule has 8 heteroatoms. The van der Waals surface area contributed by atoms with E-state index >= 15 is 0 Å². The lowest BCUT2D eigenvalue weighted by Gasteiger charge is -2.31. The average molecular weight is 435 g/mol. The molecular weight excluding hydrogens is 405 g/mol. The van der Waals surface area contributed by atoms with E-state index in [1.165, 1.54) is 6.07 Å². The number of pyridine rings is 1. The first-order valence-electron chi connectivity index (χ1n) is 10.6. The third-order valence-electron chi connectivity index (χ3n) is 5.74. The number of amides is 1. The second-order valence-corrected chi connectivity index (χ2v) is 7.79. The number of hydrogen-bond donors (Lipinski definition) is 0. The largest absolute Gasteiger partial charge is 0.417 e. The first-order valence-corrected chi connectivity index (χ1v) is 10.6. The second-order valence-electron chi connectivity index (χ2n) is 7.79. The van der Waals surface area contributed by atoms with Gasteiger partial charge in [0.05, 0.1) is 11.6 Å². The summed E-state index contributed by atoms with van der Waals surface area (Å²) in [5, 5.41) is 0. The van der Waals surface area contributed by atoms with Crippen molar-refractivity contribution in [2.24, 2.45) is 0 Å². The van der Waals surface area contributed by atoms with Crippen molar-refractivity contribution in [3.63, 3.8) is 0 Å². The van der Waals surface area contributed by atoms with Gasteiger partial charge < -0.3 is 9.80 Å². The molecule has 1 aromatic heterocycles. The zero-order chi connectivity index (χ0) is 22.4. The SMILES string of the molecule is CCN(Cc1ccccc1)C(=O)C(C)N1CCCN(c2ccc(C(F)(F)F)cn2)CC1. The first-order chi connectivity index (χ1) is 14.8. The van der Waals surface area contributed by atoms with Crippen LogP contribution in [-0.2, 0) is 17.5 Å². The molecule has 5 nitrogen and oxygen atoms in total. The van der Waals surface area contributed by atoms with Crippen LogP contribution < -0.4 is 4.90 Å². The maximum atomic E-state index is 13.1. The molecule has 0 radical (unpaired) electrons. The van der Waals surface area contributed by atoms with Gasteiger partial charge in [-0.05, 0) is 38.0 Å². The van der Waals surface area contributed by atoms with E-state index in [0.717, 1.165) is 30.8 Å². The average Bonchev–Trinajstić information content (AvgIpc) is 3.03. The van der Waals surface area contributed by atoms with E-state index in [2.05, 4.69) is 9.88 Å². The molecule has 31 heavy (non-hydrogen) atoms. The molecule has 0 aliphatic carbocycles. The Labute approximate surface area is 181 Å². The number of hydrogen-bond acceptors (Lipinski definition) is 4. The van der Waals surface area contributed by atoms with Crippen molar-refractivity contribution in [3.8, 4) is 0 Å². The number of alkyl halides is 3. The van der Waals surface area contributed by atoms with Crippen molar-refractivity contribution in [2.45, 2.75) is 39.0 Å². The summed E-state index contributed by atoms with van der Waals surface area (Å²) in [6.07, 6.45) is -2.69. The summed E-state index contributed by atoms with van der Waals surface area (Å²) < 4.78 is 38.3. The van der Waals surface area contributed by atoms with Crippen LogP contribution >= 0.6 is 0 Å². The first kappa shape index (κ1) is 23.1. The van der Waals surface area contributed by atoms with Crippen molar-refractivity contribution < 1.29 is 18.0 Å². The lowest BCUT2D eigenvalue weighted by Crippen LogP contribution is -2.48. The molecule has 1 aliphatic rings. The second kappa shape index (κ2) is 10.1. The molecule has 2 heterocycles. The van der Waals surface area contributed by atoms with Gasteiger partial charge in [-0.15, -0.1) is 0 Å². The van der Waals surface area contributed by atoms with Gasteiger partial charge in [-0.3, -0.25) is 9.69 Å². The zero-order valence-corrected chi connectivity index (χ0v) is 18.0. The number of rotatable bonds is 6. The van der Waals surface area contributed by atoms with Crippen LogP contribution in [0.1, 0.15) is 31.4 Å². The van der Waals surface area contributed by atoms with Crippen molar-refractivity contribution in [1.82, 2.24) is 14.8 Å². The Hall–Kier alpha value is -2.61. The molecule has 1 amide bonds. The molecule has 168 valence electrons. The van der Waals surface area contributed by atoms with Crippen molar-refractivity contribution in [3.05, 3.63) is 59.8 Å². The molecule has 0 N–H and O–H groups in total. The van der Waals surface area contributed by atoms with Crippen molar-refractivity contribution in [1.29, 1.82) is 0 Å². The number of likely N-dealkylation sites (N-methyl/N-ethyl adjacent to an activating group) is 1. The van der Waals surface area contributed by atoms with Crippen LogP contribution in [0.15, 0.2) is 48.7 Å². The fourth-order valence-electron chi connectivity index (χ4n) is 3.86. The summed E-state index contributed by atoms with van der Waals surface area (Å²) >= 11 is 0. The molecule has 0 spiro atoms. The Bertz CT molecular complexity index is 842. The van der Waals surface area contributed by atoms with Gasteiger partial charge in [0.2, 0.25) is 5.91 Å². The van der Waals surface area contributed by atoms with Gasteiger partial charge >= 0.3 is 6.18 Å². The normalized spacial score (nSPS) is 16.6. The molecule has 1 atom stereocenters. The minimum Gasteiger partial charge on any atom is -0.355 e. The minimum atomic E-state index is -4.39. The summed E-state index contributed by atoms with van der Waals surface area (Å²) in [7, 11) is 0. The third kappa shape index (κ3) is 5.97. The molecule has 0 bridgehead atoms. The van der Waals surface area contributed by atoms with Crippen LogP contribution in [0.5, 0.6) is 0 Å². The van der Waals surface area contributed by atoms with Crippen LogP contribution in [-0.4, -0.2) is 59.5 Å². The van der Waals surface area contributed by atoms with E-state index in [9.17, 15) is 18.0 Å². The standard InChI is InChI=1S/C23H29F3N4O/c1-3-28(17-19-8-5-4-6-9-19)22(31)18(2)29-12-7-13-30(15-14-29)21-11-10-20(16-27-21)23(24,25)26/h4-6,8-11,16,18H,3,7,12-15,17H2,1-2H3. The number of carbonyl (C=O) groups is 1. The molecule has 1 aromatic carbocycles. The molecule has 3 rings (SSSR count). The van der Waals surface area contributed by atoms with Crippen LogP contribution in [0.2, 0.25) is 0 Å². The Kier molecular flexibility index (Phi) is 7.54. The number of aromatic nitrogens is 1. The quantitative estimate of drug-likeness (QED) is 0.688. The van der Waals surface area contributed by atoms with Gasteiger partial charge in [-0.25, -0.2) is 4.98 Å². The number of carbonyl (C=O) groups excluding carboxylic acids is 1. The molecule has 1 fully saturated rings. The molecule has 1 unspecified atom stereocenters. The Morgan fingerprint density at radius 2 is 1.84 bits per heavy atom. The van der Waals surface area contributed by atoms with Gasteiger partial charge in [0.1, 0.15) is 5.82 Å². The molecule has 0 saturated carbocycles. The van der Waals surface area contributed by atoms with Crippen molar-refractivity contribution in [2.75, 3.05) is 37.6 Å². The monoisotopic (exact) mass is 434 g/mol. The molecule has 1 saturated heterocycles. The minimum absolute atomic E-state index is 0.0902. The molecule has 2 aromatic rings. The number of halogens is 3. The van der Waals surface area contributed by atoms with Crippen LogP contribution in [0.3, 0.4) is 0 Å². The van der Waals surface area contributed by atoms with Crippen LogP contribution in [0.25, 0.3) is 0 Å². The zero-order valence-electron chi connectivity index (χ0n) is 18.0. The van der Waals surface area contributed by atoms with Gasteiger partial charge in [-0.2, -0.15) is 13.2 Å². The summed E-state index contributed by atoms with van der Waals surface area (Å²) in [4.78, 5) is 23.1. The lowest BCUT2D eigenvalue weighted by atomic mass is 10.1. The Balaban J connectivity index is 1.60. The van der Waals surface area contributed by atoms with Gasteiger partial charge in [0.25, 0.3) is 0 Å². The fourth-order valence-corrected chi connectivity index (χ4v) is 3.86. The highest BCUT2D eigenvalue weighted by Crippen LogP contribution is 2.29. The highest BCUT2D eigenvalue weighted by Gasteiger charge is 2.31. The summed E-state index contributed by atoms with van der Waals surface area (Å²) in [5.74, 6) is 0.626. The van der Waals surface area contributed by atoms with Gasteiger partial charge in [0.15, 0.2) is 0 Å². The summed E-state index contributed by atoms with van der Waals surface area (Å²) in [5.41, 5.74) is 0.352. The maximum absolute atomic E-state index is 13.1. The topological polar surface area (TPSA) is 39.7 Å². The van der Waals surface area contributed by atoms with E-state index < -0.39 is 11.7 Å². The number of nitrogens with zero attached hydrogens (tertiary/aromatic N) is 4. The number of benzene rings is 1. The Morgan fingerprint density at radius 1 is 1.10 bits per heavy atom. The Morgan fingerprint density at radius 3 is 2.45 bits per heavy atom. The predicted octanol–water partition coefficient (Wildman–Crippen LogP) is 4.05. The smallest absolute Gasteiger partial charge is 0.355 e. The van der Waals surface area contributed by atoms with E-state index in [-0.39, 0.29) is 11.9 Å². The number of anilines is 1.